The lowest BCUT2D eigenvalue weighted by Crippen LogP contribution is -2.30. The van der Waals surface area contributed by atoms with Gasteiger partial charge in [-0.15, -0.1) is 0 Å². The topological polar surface area (TPSA) is 40.5 Å². The molecule has 0 aromatic carbocycles. The van der Waals surface area contributed by atoms with E-state index in [4.69, 9.17) is 5.11 Å². The lowest BCUT2D eigenvalue weighted by molar-refractivity contribution is -0.138. The van der Waals surface area contributed by atoms with E-state index in [1.165, 1.54) is 19.3 Å². The van der Waals surface area contributed by atoms with Crippen molar-refractivity contribution in [2.75, 3.05) is 14.1 Å². The van der Waals surface area contributed by atoms with Crippen LogP contribution in [0.3, 0.4) is 0 Å². The first kappa shape index (κ1) is 13.4. The number of aliphatic carboxylic acids is 1. The molecule has 0 aromatic heterocycles. The first-order chi connectivity index (χ1) is 6.57. The number of carboxylic acids is 1. The van der Waals surface area contributed by atoms with E-state index >= 15 is 0 Å². The molecule has 84 valence electrons. The van der Waals surface area contributed by atoms with E-state index in [2.05, 4.69) is 6.92 Å². The maximum Gasteiger partial charge on any atom is 0.304 e. The second-order valence-electron chi connectivity index (χ2n) is 4.06. The first-order valence-electron chi connectivity index (χ1n) is 5.46. The Hall–Kier alpha value is -0.570. The van der Waals surface area contributed by atoms with Crippen LogP contribution in [-0.4, -0.2) is 36.1 Å². The van der Waals surface area contributed by atoms with Crippen molar-refractivity contribution in [2.24, 2.45) is 0 Å². The summed E-state index contributed by atoms with van der Waals surface area (Å²) in [4.78, 5) is 12.6. The molecular formula is C11H23NO2. The van der Waals surface area contributed by atoms with Crippen molar-refractivity contribution in [3.05, 3.63) is 0 Å². The van der Waals surface area contributed by atoms with Crippen LogP contribution in [0.25, 0.3) is 0 Å². The summed E-state index contributed by atoms with van der Waals surface area (Å²) in [7, 11) is 3.90. The smallest absolute Gasteiger partial charge is 0.304 e. The molecule has 0 saturated carbocycles. The molecule has 0 aromatic rings. The Kier molecular flexibility index (Phi) is 7.48. The third-order valence-electron chi connectivity index (χ3n) is 2.53. The largest absolute Gasteiger partial charge is 0.481 e. The van der Waals surface area contributed by atoms with Gasteiger partial charge in [0.15, 0.2) is 0 Å². The monoisotopic (exact) mass is 201 g/mol. The third-order valence-corrected chi connectivity index (χ3v) is 2.53. The molecule has 0 amide bonds. The summed E-state index contributed by atoms with van der Waals surface area (Å²) in [6.45, 7) is 2.18. The van der Waals surface area contributed by atoms with Crippen LogP contribution in [0, 0.1) is 0 Å². The van der Waals surface area contributed by atoms with E-state index in [9.17, 15) is 4.79 Å². The highest BCUT2D eigenvalue weighted by atomic mass is 16.4. The zero-order valence-electron chi connectivity index (χ0n) is 9.62. The van der Waals surface area contributed by atoms with Crippen LogP contribution < -0.4 is 0 Å². The van der Waals surface area contributed by atoms with Gasteiger partial charge in [-0.25, -0.2) is 0 Å². The van der Waals surface area contributed by atoms with Crippen molar-refractivity contribution in [1.29, 1.82) is 0 Å². The zero-order chi connectivity index (χ0) is 11.0. The summed E-state index contributed by atoms with van der Waals surface area (Å²) in [5.41, 5.74) is 0. The lowest BCUT2D eigenvalue weighted by atomic mass is 10.0. The van der Waals surface area contributed by atoms with Crippen molar-refractivity contribution < 1.29 is 9.90 Å². The molecule has 0 radical (unpaired) electrons. The van der Waals surface area contributed by atoms with E-state index in [-0.39, 0.29) is 12.5 Å². The van der Waals surface area contributed by atoms with Gasteiger partial charge < -0.3 is 10.0 Å². The summed E-state index contributed by atoms with van der Waals surface area (Å²) in [6, 6.07) is 0.198. The fourth-order valence-corrected chi connectivity index (χ4v) is 1.55. The minimum absolute atomic E-state index is 0.198. The molecule has 0 rings (SSSR count). The molecule has 0 aliphatic heterocycles. The van der Waals surface area contributed by atoms with Gasteiger partial charge in [0, 0.05) is 6.04 Å². The molecule has 0 bridgehead atoms. The molecule has 3 heteroatoms. The van der Waals surface area contributed by atoms with Crippen LogP contribution in [0.2, 0.25) is 0 Å². The Morgan fingerprint density at radius 1 is 1.29 bits per heavy atom. The Morgan fingerprint density at radius 3 is 2.36 bits per heavy atom. The van der Waals surface area contributed by atoms with Gasteiger partial charge >= 0.3 is 5.97 Å². The highest BCUT2D eigenvalue weighted by Crippen LogP contribution is 2.11. The second kappa shape index (κ2) is 7.80. The lowest BCUT2D eigenvalue weighted by Gasteiger charge is -2.22. The normalized spacial score (nSPS) is 13.1. The molecule has 1 unspecified atom stereocenters. The molecule has 0 heterocycles. The summed E-state index contributed by atoms with van der Waals surface area (Å²) < 4.78 is 0. The van der Waals surface area contributed by atoms with Gasteiger partial charge in [-0.1, -0.05) is 32.6 Å². The third kappa shape index (κ3) is 6.89. The van der Waals surface area contributed by atoms with Gasteiger partial charge in [-0.2, -0.15) is 0 Å². The minimum Gasteiger partial charge on any atom is -0.481 e. The number of rotatable bonds is 8. The van der Waals surface area contributed by atoms with Gasteiger partial charge in [0.2, 0.25) is 0 Å². The fourth-order valence-electron chi connectivity index (χ4n) is 1.55. The molecule has 0 fully saturated rings. The summed E-state index contributed by atoms with van der Waals surface area (Å²) >= 11 is 0. The summed E-state index contributed by atoms with van der Waals surface area (Å²) in [5.74, 6) is -0.695. The number of hydrogen-bond donors (Lipinski definition) is 1. The molecule has 1 atom stereocenters. The van der Waals surface area contributed by atoms with Gasteiger partial charge in [-0.3, -0.25) is 4.79 Å². The molecule has 3 nitrogen and oxygen atoms in total. The van der Waals surface area contributed by atoms with E-state index in [0.717, 1.165) is 12.8 Å². The molecule has 1 N–H and O–H groups in total. The quantitative estimate of drug-likeness (QED) is 0.613. The van der Waals surface area contributed by atoms with Crippen LogP contribution >= 0.6 is 0 Å². The average Bonchev–Trinajstić information content (AvgIpc) is 2.09. The maximum atomic E-state index is 10.6. The van der Waals surface area contributed by atoms with Gasteiger partial charge in [0.1, 0.15) is 0 Å². The summed E-state index contributed by atoms with van der Waals surface area (Å²) in [6.07, 6.45) is 6.11. The number of unbranched alkanes of at least 4 members (excludes halogenated alkanes) is 3. The van der Waals surface area contributed by atoms with Crippen molar-refractivity contribution >= 4 is 5.97 Å². The van der Waals surface area contributed by atoms with E-state index in [1.807, 2.05) is 19.0 Å². The highest BCUT2D eigenvalue weighted by molar-refractivity contribution is 5.67. The van der Waals surface area contributed by atoms with Crippen LogP contribution in [0.1, 0.15) is 45.4 Å². The Labute approximate surface area is 87.1 Å². The van der Waals surface area contributed by atoms with Crippen LogP contribution in [0.4, 0.5) is 0 Å². The van der Waals surface area contributed by atoms with Crippen molar-refractivity contribution in [1.82, 2.24) is 4.90 Å². The Morgan fingerprint density at radius 2 is 1.93 bits per heavy atom. The van der Waals surface area contributed by atoms with Gasteiger partial charge in [-0.05, 0) is 20.5 Å². The standard InChI is InChI=1S/C11H23NO2/c1-4-5-6-7-8-10(12(2)3)9-11(13)14/h10H,4-9H2,1-3H3,(H,13,14). The number of hydrogen-bond acceptors (Lipinski definition) is 2. The van der Waals surface area contributed by atoms with E-state index in [0.29, 0.717) is 0 Å². The van der Waals surface area contributed by atoms with E-state index < -0.39 is 5.97 Å². The first-order valence-corrected chi connectivity index (χ1v) is 5.46. The molecule has 0 spiro atoms. The Balaban J connectivity index is 3.68. The summed E-state index contributed by atoms with van der Waals surface area (Å²) in [5, 5.41) is 8.71. The SMILES string of the molecule is CCCCCCC(CC(=O)O)N(C)C. The van der Waals surface area contributed by atoms with Gasteiger partial charge in [0.25, 0.3) is 0 Å². The molecule has 14 heavy (non-hydrogen) atoms. The van der Waals surface area contributed by atoms with Gasteiger partial charge in [0.05, 0.1) is 6.42 Å². The zero-order valence-corrected chi connectivity index (χ0v) is 9.62. The van der Waals surface area contributed by atoms with Crippen molar-refractivity contribution in [3.63, 3.8) is 0 Å². The minimum atomic E-state index is -0.695. The van der Waals surface area contributed by atoms with E-state index in [1.54, 1.807) is 0 Å². The molecule has 0 aliphatic carbocycles. The second-order valence-corrected chi connectivity index (χ2v) is 4.06. The predicted molar refractivity (Wildman–Crippen MR) is 58.5 cm³/mol. The maximum absolute atomic E-state index is 10.6. The molecule has 0 aliphatic rings. The van der Waals surface area contributed by atoms with Crippen LogP contribution in [-0.2, 0) is 4.79 Å². The predicted octanol–water partition coefficient (Wildman–Crippen LogP) is 2.36. The number of carboxylic acid groups (broad SMARTS) is 1. The van der Waals surface area contributed by atoms with Crippen molar-refractivity contribution in [3.8, 4) is 0 Å². The fraction of sp³-hybridized carbons (Fsp3) is 0.909. The van der Waals surface area contributed by atoms with Crippen molar-refractivity contribution in [2.45, 2.75) is 51.5 Å². The number of carbonyl (C=O) groups is 1. The average molecular weight is 201 g/mol. The number of nitrogens with zero attached hydrogens (tertiary/aromatic N) is 1. The molecule has 0 saturated heterocycles. The highest BCUT2D eigenvalue weighted by Gasteiger charge is 2.14. The van der Waals surface area contributed by atoms with Crippen LogP contribution in [0.5, 0.6) is 0 Å². The Bertz CT molecular complexity index is 157. The molecular weight excluding hydrogens is 178 g/mol. The van der Waals surface area contributed by atoms with Crippen LogP contribution in [0.15, 0.2) is 0 Å².